The van der Waals surface area contributed by atoms with Crippen molar-refractivity contribution < 1.29 is 4.79 Å². The maximum Gasteiger partial charge on any atom is 0.257 e. The molecule has 1 N–H and O–H groups in total. The lowest BCUT2D eigenvalue weighted by molar-refractivity contribution is 0.102. The molecule has 0 aliphatic rings. The van der Waals surface area contributed by atoms with Crippen LogP contribution in [0.25, 0.3) is 0 Å². The minimum atomic E-state index is -0.197. The molecule has 2 aromatic rings. The molecule has 19 heavy (non-hydrogen) atoms. The average Bonchev–Trinajstić information content (AvgIpc) is 2.38. The zero-order valence-electron chi connectivity index (χ0n) is 10.4. The van der Waals surface area contributed by atoms with Crippen LogP contribution in [0.4, 0.5) is 5.69 Å². The van der Waals surface area contributed by atoms with Gasteiger partial charge in [-0.1, -0.05) is 45.7 Å². The molecule has 0 spiro atoms. The van der Waals surface area contributed by atoms with E-state index in [0.29, 0.717) is 10.6 Å². The van der Waals surface area contributed by atoms with Crippen molar-refractivity contribution in [3.05, 3.63) is 64.2 Å². The molecule has 0 bridgehead atoms. The highest BCUT2D eigenvalue weighted by Gasteiger charge is 2.10. The number of carbonyl (C=O) groups excluding carboxylic acids is 1. The summed E-state index contributed by atoms with van der Waals surface area (Å²) < 4.78 is 0. The van der Waals surface area contributed by atoms with Crippen molar-refractivity contribution in [1.82, 2.24) is 0 Å². The first-order valence-corrected chi connectivity index (χ1v) is 7.32. The van der Waals surface area contributed by atoms with Crippen molar-refractivity contribution in [3.63, 3.8) is 0 Å². The Balaban J connectivity index is 2.20. The number of alkyl halides is 1. The molecule has 0 radical (unpaired) electrons. The molecule has 1 amide bonds. The van der Waals surface area contributed by atoms with Gasteiger partial charge in [0.25, 0.3) is 5.91 Å². The summed E-state index contributed by atoms with van der Waals surface area (Å²) in [6.45, 7) is 1.94. The topological polar surface area (TPSA) is 29.1 Å². The van der Waals surface area contributed by atoms with Gasteiger partial charge in [0.1, 0.15) is 0 Å². The molecule has 2 nitrogen and oxygen atoms in total. The predicted octanol–water partition coefficient (Wildman–Crippen LogP) is 4.80. The molecule has 0 saturated heterocycles. The van der Waals surface area contributed by atoms with Gasteiger partial charge in [-0.15, -0.1) is 0 Å². The molecular formula is C15H13BrClNO. The lowest BCUT2D eigenvalue weighted by Gasteiger charge is -2.08. The van der Waals surface area contributed by atoms with Gasteiger partial charge in [-0.3, -0.25) is 4.79 Å². The van der Waals surface area contributed by atoms with E-state index >= 15 is 0 Å². The molecule has 98 valence electrons. The lowest BCUT2D eigenvalue weighted by Crippen LogP contribution is -2.12. The van der Waals surface area contributed by atoms with E-state index in [1.54, 1.807) is 12.1 Å². The van der Waals surface area contributed by atoms with Crippen LogP contribution >= 0.6 is 27.5 Å². The lowest BCUT2D eigenvalue weighted by atomic mass is 10.1. The highest BCUT2D eigenvalue weighted by atomic mass is 79.9. The SMILES string of the molecule is Cc1ccc(C(=O)Nc2cccc(CBr)c2)c(Cl)c1. The molecule has 0 aliphatic heterocycles. The number of nitrogens with one attached hydrogen (secondary N) is 1. The third-order valence-electron chi connectivity index (χ3n) is 2.71. The summed E-state index contributed by atoms with van der Waals surface area (Å²) in [5.41, 5.74) is 3.38. The van der Waals surface area contributed by atoms with Crippen molar-refractivity contribution in [1.29, 1.82) is 0 Å². The van der Waals surface area contributed by atoms with Gasteiger partial charge in [0.15, 0.2) is 0 Å². The van der Waals surface area contributed by atoms with Crippen molar-refractivity contribution >= 4 is 39.1 Å². The molecule has 0 heterocycles. The number of rotatable bonds is 3. The Labute approximate surface area is 125 Å². The molecule has 2 rings (SSSR count). The van der Waals surface area contributed by atoms with E-state index in [2.05, 4.69) is 21.2 Å². The Kier molecular flexibility index (Phi) is 4.61. The molecular weight excluding hydrogens is 326 g/mol. The molecule has 0 aromatic heterocycles. The molecule has 0 atom stereocenters. The van der Waals surface area contributed by atoms with Crippen molar-refractivity contribution in [3.8, 4) is 0 Å². The Morgan fingerprint density at radius 2 is 2.05 bits per heavy atom. The van der Waals surface area contributed by atoms with Gasteiger partial charge in [0.05, 0.1) is 10.6 Å². The summed E-state index contributed by atoms with van der Waals surface area (Å²) in [5.74, 6) is -0.197. The second kappa shape index (κ2) is 6.22. The van der Waals surface area contributed by atoms with Crippen molar-refractivity contribution in [2.24, 2.45) is 0 Å². The highest BCUT2D eigenvalue weighted by molar-refractivity contribution is 9.08. The fourth-order valence-corrected chi connectivity index (χ4v) is 2.40. The Morgan fingerprint density at radius 3 is 2.74 bits per heavy atom. The number of halogens is 2. The van der Waals surface area contributed by atoms with Gasteiger partial charge >= 0.3 is 0 Å². The molecule has 0 saturated carbocycles. The minimum absolute atomic E-state index is 0.197. The van der Waals surface area contributed by atoms with Crippen molar-refractivity contribution in [2.75, 3.05) is 5.32 Å². The van der Waals surface area contributed by atoms with Gasteiger partial charge in [0, 0.05) is 11.0 Å². The van der Waals surface area contributed by atoms with E-state index in [4.69, 9.17) is 11.6 Å². The molecule has 0 unspecified atom stereocenters. The van der Waals surface area contributed by atoms with E-state index in [1.807, 2.05) is 37.3 Å². The first-order valence-electron chi connectivity index (χ1n) is 5.82. The summed E-state index contributed by atoms with van der Waals surface area (Å²) in [4.78, 5) is 12.1. The zero-order chi connectivity index (χ0) is 13.8. The zero-order valence-corrected chi connectivity index (χ0v) is 12.8. The minimum Gasteiger partial charge on any atom is -0.322 e. The smallest absolute Gasteiger partial charge is 0.257 e. The standard InChI is InChI=1S/C15H13BrClNO/c1-10-5-6-13(14(17)7-10)15(19)18-12-4-2-3-11(8-12)9-16/h2-8H,9H2,1H3,(H,18,19). The van der Waals surface area contributed by atoms with Crippen LogP contribution in [0.1, 0.15) is 21.5 Å². The van der Waals surface area contributed by atoms with Crippen LogP contribution in [0.5, 0.6) is 0 Å². The predicted molar refractivity (Wildman–Crippen MR) is 83.2 cm³/mol. The molecule has 0 aliphatic carbocycles. The normalized spacial score (nSPS) is 10.3. The number of hydrogen-bond donors (Lipinski definition) is 1. The Hall–Kier alpha value is -1.32. The van der Waals surface area contributed by atoms with Crippen LogP contribution in [0, 0.1) is 6.92 Å². The first kappa shape index (κ1) is 14.1. The fourth-order valence-electron chi connectivity index (χ4n) is 1.73. The van der Waals surface area contributed by atoms with Crippen LogP contribution in [0.15, 0.2) is 42.5 Å². The summed E-state index contributed by atoms with van der Waals surface area (Å²) in [5, 5.41) is 4.07. The Morgan fingerprint density at radius 1 is 1.26 bits per heavy atom. The van der Waals surface area contributed by atoms with Crippen LogP contribution < -0.4 is 5.32 Å². The largest absolute Gasteiger partial charge is 0.322 e. The number of amides is 1. The molecule has 2 aromatic carbocycles. The quantitative estimate of drug-likeness (QED) is 0.801. The first-order chi connectivity index (χ1) is 9.10. The summed E-state index contributed by atoms with van der Waals surface area (Å²) in [6.07, 6.45) is 0. The van der Waals surface area contributed by atoms with E-state index < -0.39 is 0 Å². The van der Waals surface area contributed by atoms with Gasteiger partial charge in [-0.25, -0.2) is 0 Å². The Bertz CT molecular complexity index is 613. The van der Waals surface area contributed by atoms with Crippen LogP contribution in [-0.2, 0) is 5.33 Å². The summed E-state index contributed by atoms with van der Waals surface area (Å²) >= 11 is 9.47. The molecule has 4 heteroatoms. The maximum absolute atomic E-state index is 12.1. The van der Waals surface area contributed by atoms with E-state index in [9.17, 15) is 4.79 Å². The summed E-state index contributed by atoms with van der Waals surface area (Å²) in [7, 11) is 0. The van der Waals surface area contributed by atoms with E-state index in [1.165, 1.54) is 0 Å². The van der Waals surface area contributed by atoms with E-state index in [-0.39, 0.29) is 5.91 Å². The third-order valence-corrected chi connectivity index (χ3v) is 3.67. The number of benzene rings is 2. The van der Waals surface area contributed by atoms with Crippen LogP contribution in [0.3, 0.4) is 0 Å². The maximum atomic E-state index is 12.1. The second-order valence-corrected chi connectivity index (χ2v) is 5.24. The second-order valence-electron chi connectivity index (χ2n) is 4.27. The average molecular weight is 339 g/mol. The van der Waals surface area contributed by atoms with Gasteiger partial charge in [-0.2, -0.15) is 0 Å². The fraction of sp³-hybridized carbons (Fsp3) is 0.133. The monoisotopic (exact) mass is 337 g/mol. The highest BCUT2D eigenvalue weighted by Crippen LogP contribution is 2.20. The number of hydrogen-bond acceptors (Lipinski definition) is 1. The van der Waals surface area contributed by atoms with Crippen LogP contribution in [-0.4, -0.2) is 5.91 Å². The number of carbonyl (C=O) groups is 1. The van der Waals surface area contributed by atoms with E-state index in [0.717, 1.165) is 22.1 Å². The van der Waals surface area contributed by atoms with Gasteiger partial charge in [-0.05, 0) is 42.3 Å². The molecule has 0 fully saturated rings. The van der Waals surface area contributed by atoms with Crippen LogP contribution in [0.2, 0.25) is 5.02 Å². The number of anilines is 1. The summed E-state index contributed by atoms with van der Waals surface area (Å²) in [6, 6.07) is 13.1. The van der Waals surface area contributed by atoms with Gasteiger partial charge < -0.3 is 5.32 Å². The number of aryl methyl sites for hydroxylation is 1. The third kappa shape index (κ3) is 3.58. The van der Waals surface area contributed by atoms with Gasteiger partial charge in [0.2, 0.25) is 0 Å². The van der Waals surface area contributed by atoms with Crippen molar-refractivity contribution in [2.45, 2.75) is 12.3 Å².